The maximum absolute atomic E-state index is 11.4. The van der Waals surface area contributed by atoms with Crippen molar-refractivity contribution >= 4 is 17.8 Å². The van der Waals surface area contributed by atoms with E-state index in [0.29, 0.717) is 12.3 Å². The van der Waals surface area contributed by atoms with Gasteiger partial charge in [-0.1, -0.05) is 24.6 Å². The van der Waals surface area contributed by atoms with Gasteiger partial charge >= 0.3 is 6.03 Å². The Morgan fingerprint density at radius 2 is 1.74 bits per heavy atom. The van der Waals surface area contributed by atoms with Gasteiger partial charge in [0.15, 0.2) is 0 Å². The van der Waals surface area contributed by atoms with Gasteiger partial charge in [0.25, 0.3) is 11.8 Å². The lowest BCUT2D eigenvalue weighted by atomic mass is 9.99. The smallest absolute Gasteiger partial charge is 0.273 e. The molecule has 1 aliphatic rings. The second-order valence-corrected chi connectivity index (χ2v) is 5.05. The number of allylic oxidation sites excluding steroid dienone is 3. The van der Waals surface area contributed by atoms with Crippen molar-refractivity contribution in [1.82, 2.24) is 10.6 Å². The first-order valence-electron chi connectivity index (χ1n) is 6.40. The third kappa shape index (κ3) is 5.07. The summed E-state index contributed by atoms with van der Waals surface area (Å²) in [6, 6.07) is -0.760. The predicted octanol–water partition coefficient (Wildman–Crippen LogP) is 2.05. The monoisotopic (exact) mass is 264 g/mol. The molecular formula is C14H20N2O3. The number of rotatable bonds is 5. The van der Waals surface area contributed by atoms with E-state index in [1.165, 1.54) is 5.57 Å². The Labute approximate surface area is 113 Å². The van der Waals surface area contributed by atoms with Gasteiger partial charge in [-0.05, 0) is 39.0 Å². The molecule has 0 saturated carbocycles. The normalized spacial score (nSPS) is 16.6. The van der Waals surface area contributed by atoms with Crippen LogP contribution in [0.15, 0.2) is 23.3 Å². The molecular weight excluding hydrogens is 244 g/mol. The number of nitrogens with one attached hydrogen (secondary N) is 2. The van der Waals surface area contributed by atoms with Gasteiger partial charge in [0, 0.05) is 0 Å². The summed E-state index contributed by atoms with van der Waals surface area (Å²) in [7, 11) is 0. The van der Waals surface area contributed by atoms with E-state index < -0.39 is 17.8 Å². The van der Waals surface area contributed by atoms with E-state index in [9.17, 15) is 14.4 Å². The maximum atomic E-state index is 11.4. The fourth-order valence-electron chi connectivity index (χ4n) is 1.73. The van der Waals surface area contributed by atoms with Crippen LogP contribution >= 0.6 is 0 Å². The molecule has 19 heavy (non-hydrogen) atoms. The highest BCUT2D eigenvalue weighted by atomic mass is 16.2. The molecule has 0 aliphatic carbocycles. The van der Waals surface area contributed by atoms with Crippen LogP contribution in [0.3, 0.4) is 0 Å². The molecule has 5 heteroatoms. The van der Waals surface area contributed by atoms with Crippen LogP contribution in [0.25, 0.3) is 0 Å². The van der Waals surface area contributed by atoms with Crippen molar-refractivity contribution in [3.63, 3.8) is 0 Å². The summed E-state index contributed by atoms with van der Waals surface area (Å²) >= 11 is 0. The molecule has 1 rings (SSSR count). The summed E-state index contributed by atoms with van der Waals surface area (Å²) in [6.07, 6.45) is 6.29. The van der Waals surface area contributed by atoms with E-state index in [1.807, 2.05) is 0 Å². The molecule has 0 aromatic rings. The molecule has 1 fully saturated rings. The lowest BCUT2D eigenvalue weighted by Gasteiger charge is -2.14. The van der Waals surface area contributed by atoms with Crippen LogP contribution in [0.5, 0.6) is 0 Å². The molecule has 4 amide bonds. The van der Waals surface area contributed by atoms with Crippen LogP contribution in [0.1, 0.15) is 40.0 Å². The molecule has 1 atom stereocenters. The quantitative estimate of drug-likeness (QED) is 0.453. The molecule has 0 radical (unpaired) electrons. The van der Waals surface area contributed by atoms with Gasteiger partial charge in [-0.2, -0.15) is 0 Å². The third-order valence-corrected chi connectivity index (χ3v) is 2.88. The Balaban J connectivity index is 2.48. The standard InChI is InChI=1S/C14H20N2O3/c1-9(2)7-8-10(3)5-4-6-11-12(17)15-14(19)16-13(11)18/h6-7,10H,4-5,8H2,1-3H3,(H2,15,16,17,18,19)/t10-/m0/s1. The summed E-state index contributed by atoms with van der Waals surface area (Å²) in [6.45, 7) is 6.24. The third-order valence-electron chi connectivity index (χ3n) is 2.88. The largest absolute Gasteiger partial charge is 0.328 e. The summed E-state index contributed by atoms with van der Waals surface area (Å²) < 4.78 is 0. The van der Waals surface area contributed by atoms with Crippen molar-refractivity contribution in [2.75, 3.05) is 0 Å². The second kappa shape index (κ2) is 6.87. The highest BCUT2D eigenvalue weighted by molar-refractivity contribution is 6.28. The number of hydrogen-bond donors (Lipinski definition) is 2. The molecule has 1 heterocycles. The van der Waals surface area contributed by atoms with E-state index >= 15 is 0 Å². The van der Waals surface area contributed by atoms with Gasteiger partial charge in [-0.25, -0.2) is 4.79 Å². The van der Waals surface area contributed by atoms with Gasteiger partial charge < -0.3 is 0 Å². The first-order valence-corrected chi connectivity index (χ1v) is 6.40. The number of imide groups is 2. The summed E-state index contributed by atoms with van der Waals surface area (Å²) in [5, 5.41) is 4.10. The molecule has 0 spiro atoms. The molecule has 0 aromatic carbocycles. The molecule has 1 aliphatic heterocycles. The SMILES string of the molecule is CC(C)=CC[C@@H](C)CCC=C1C(=O)NC(=O)NC1=O. The topological polar surface area (TPSA) is 75.3 Å². The molecule has 104 valence electrons. The number of urea groups is 1. The number of carbonyl (C=O) groups is 3. The average Bonchev–Trinajstić information content (AvgIpc) is 2.29. The molecule has 0 unspecified atom stereocenters. The fourth-order valence-corrected chi connectivity index (χ4v) is 1.73. The van der Waals surface area contributed by atoms with Gasteiger partial charge in [-0.3, -0.25) is 20.2 Å². The molecule has 0 bridgehead atoms. The Hall–Kier alpha value is -1.91. The van der Waals surface area contributed by atoms with Crippen molar-refractivity contribution in [2.45, 2.75) is 40.0 Å². The van der Waals surface area contributed by atoms with Crippen LogP contribution < -0.4 is 10.6 Å². The second-order valence-electron chi connectivity index (χ2n) is 5.05. The highest BCUT2D eigenvalue weighted by Crippen LogP contribution is 2.14. The molecule has 1 saturated heterocycles. The van der Waals surface area contributed by atoms with Crippen LogP contribution in [-0.2, 0) is 9.59 Å². The Morgan fingerprint density at radius 1 is 1.16 bits per heavy atom. The molecule has 5 nitrogen and oxygen atoms in total. The van der Waals surface area contributed by atoms with Crippen molar-refractivity contribution in [3.8, 4) is 0 Å². The number of barbiturate groups is 1. The van der Waals surface area contributed by atoms with Crippen molar-refractivity contribution in [2.24, 2.45) is 5.92 Å². The van der Waals surface area contributed by atoms with E-state index in [-0.39, 0.29) is 5.57 Å². The summed E-state index contributed by atoms with van der Waals surface area (Å²) in [5.41, 5.74) is 1.31. The summed E-state index contributed by atoms with van der Waals surface area (Å²) in [5.74, 6) is -0.750. The van der Waals surface area contributed by atoms with Crippen LogP contribution in [0.2, 0.25) is 0 Å². The minimum Gasteiger partial charge on any atom is -0.273 e. The van der Waals surface area contributed by atoms with E-state index in [1.54, 1.807) is 6.08 Å². The number of hydrogen-bond acceptors (Lipinski definition) is 3. The molecule has 0 aromatic heterocycles. The van der Waals surface area contributed by atoms with E-state index in [0.717, 1.165) is 12.8 Å². The van der Waals surface area contributed by atoms with Crippen molar-refractivity contribution in [3.05, 3.63) is 23.3 Å². The van der Waals surface area contributed by atoms with Crippen LogP contribution in [-0.4, -0.2) is 17.8 Å². The van der Waals surface area contributed by atoms with E-state index in [2.05, 4.69) is 37.5 Å². The predicted molar refractivity (Wildman–Crippen MR) is 72.2 cm³/mol. The number of amides is 4. The first kappa shape index (κ1) is 15.1. The zero-order valence-electron chi connectivity index (χ0n) is 11.6. The first-order chi connectivity index (χ1) is 8.90. The van der Waals surface area contributed by atoms with Crippen molar-refractivity contribution < 1.29 is 14.4 Å². The number of carbonyl (C=O) groups excluding carboxylic acids is 3. The zero-order chi connectivity index (χ0) is 14.4. The van der Waals surface area contributed by atoms with Crippen LogP contribution in [0.4, 0.5) is 4.79 Å². The Kier molecular flexibility index (Phi) is 5.48. The Morgan fingerprint density at radius 3 is 2.26 bits per heavy atom. The average molecular weight is 264 g/mol. The minimum absolute atomic E-state index is 0.0222. The van der Waals surface area contributed by atoms with Gasteiger partial charge in [0.05, 0.1) is 0 Å². The van der Waals surface area contributed by atoms with Gasteiger partial charge in [-0.15, -0.1) is 0 Å². The Bertz CT molecular complexity index is 424. The van der Waals surface area contributed by atoms with Crippen LogP contribution in [0, 0.1) is 5.92 Å². The lowest BCUT2D eigenvalue weighted by molar-refractivity contribution is -0.124. The van der Waals surface area contributed by atoms with Gasteiger partial charge in [0.1, 0.15) is 5.57 Å². The minimum atomic E-state index is -0.760. The molecule has 2 N–H and O–H groups in total. The lowest BCUT2D eigenvalue weighted by Crippen LogP contribution is -2.51. The van der Waals surface area contributed by atoms with Gasteiger partial charge in [0.2, 0.25) is 0 Å². The summed E-state index contributed by atoms with van der Waals surface area (Å²) in [4.78, 5) is 33.7. The van der Waals surface area contributed by atoms with Crippen molar-refractivity contribution in [1.29, 1.82) is 0 Å². The fraction of sp³-hybridized carbons (Fsp3) is 0.500. The maximum Gasteiger partial charge on any atom is 0.328 e. The zero-order valence-corrected chi connectivity index (χ0v) is 11.6. The highest BCUT2D eigenvalue weighted by Gasteiger charge is 2.27. The van der Waals surface area contributed by atoms with E-state index in [4.69, 9.17) is 0 Å².